The van der Waals surface area contributed by atoms with Crippen molar-refractivity contribution in [1.82, 2.24) is 5.32 Å². The monoisotopic (exact) mass is 191 g/mol. The van der Waals surface area contributed by atoms with E-state index in [0.717, 1.165) is 13.0 Å². The lowest BCUT2D eigenvalue weighted by atomic mass is 10.2. The number of hydrogen-bond donors (Lipinski definition) is 2. The van der Waals surface area contributed by atoms with Gasteiger partial charge in [-0.1, -0.05) is 30.3 Å². The summed E-state index contributed by atoms with van der Waals surface area (Å²) >= 11 is 0. The summed E-state index contributed by atoms with van der Waals surface area (Å²) in [5, 5.41) is 11.9. The van der Waals surface area contributed by atoms with Crippen LogP contribution in [0.4, 0.5) is 0 Å². The Morgan fingerprint density at radius 2 is 2.14 bits per heavy atom. The minimum atomic E-state index is -0.685. The first-order valence-electron chi connectivity index (χ1n) is 4.77. The molecular formula is C11H13NO2. The molecule has 2 unspecified atom stereocenters. The van der Waals surface area contributed by atoms with Gasteiger partial charge in [0.05, 0.1) is 5.92 Å². The molecule has 2 N–H and O–H groups in total. The largest absolute Gasteiger partial charge is 0.481 e. The quantitative estimate of drug-likeness (QED) is 0.753. The van der Waals surface area contributed by atoms with Gasteiger partial charge < -0.3 is 10.4 Å². The summed E-state index contributed by atoms with van der Waals surface area (Å²) in [5.74, 6) is -0.853. The molecular weight excluding hydrogens is 178 g/mol. The van der Waals surface area contributed by atoms with E-state index in [1.807, 2.05) is 30.3 Å². The maximum absolute atomic E-state index is 10.5. The van der Waals surface area contributed by atoms with Crippen LogP contribution in [0.25, 0.3) is 0 Å². The third-order valence-corrected chi connectivity index (χ3v) is 2.52. The van der Waals surface area contributed by atoms with Crippen LogP contribution in [0, 0.1) is 5.92 Å². The molecule has 3 heteroatoms. The van der Waals surface area contributed by atoms with E-state index in [4.69, 9.17) is 5.11 Å². The Bertz CT molecular complexity index is 323. The van der Waals surface area contributed by atoms with Gasteiger partial charge in [0.1, 0.15) is 0 Å². The van der Waals surface area contributed by atoms with E-state index >= 15 is 0 Å². The Morgan fingerprint density at radius 3 is 2.71 bits per heavy atom. The Hall–Kier alpha value is -1.35. The smallest absolute Gasteiger partial charge is 0.308 e. The number of benzene rings is 1. The number of aliphatic carboxylic acids is 1. The molecule has 14 heavy (non-hydrogen) atoms. The van der Waals surface area contributed by atoms with Crippen LogP contribution in [-0.4, -0.2) is 17.1 Å². The maximum atomic E-state index is 10.5. The molecule has 0 aromatic heterocycles. The van der Waals surface area contributed by atoms with Gasteiger partial charge in [0, 0.05) is 12.6 Å². The molecule has 74 valence electrons. The fourth-order valence-corrected chi connectivity index (χ4v) is 1.54. The fourth-order valence-electron chi connectivity index (χ4n) is 1.54. The number of rotatable bonds is 4. The Kier molecular flexibility index (Phi) is 2.50. The van der Waals surface area contributed by atoms with Crippen molar-refractivity contribution in [3.05, 3.63) is 35.9 Å². The zero-order valence-corrected chi connectivity index (χ0v) is 7.81. The first kappa shape index (κ1) is 9.21. The van der Waals surface area contributed by atoms with Gasteiger partial charge in [0.25, 0.3) is 0 Å². The molecule has 1 aromatic rings. The van der Waals surface area contributed by atoms with Gasteiger partial charge in [-0.15, -0.1) is 0 Å². The van der Waals surface area contributed by atoms with Crippen molar-refractivity contribution in [3.63, 3.8) is 0 Å². The summed E-state index contributed by atoms with van der Waals surface area (Å²) in [4.78, 5) is 10.5. The van der Waals surface area contributed by atoms with Gasteiger partial charge in [-0.3, -0.25) is 4.79 Å². The summed E-state index contributed by atoms with van der Waals surface area (Å²) in [6.45, 7) is 0.759. The van der Waals surface area contributed by atoms with E-state index in [0.29, 0.717) is 0 Å². The molecule has 1 fully saturated rings. The van der Waals surface area contributed by atoms with Crippen LogP contribution in [0.1, 0.15) is 12.0 Å². The van der Waals surface area contributed by atoms with Crippen LogP contribution in [0.15, 0.2) is 30.3 Å². The highest BCUT2D eigenvalue weighted by molar-refractivity contribution is 5.74. The second kappa shape index (κ2) is 3.80. The number of hydrogen-bond acceptors (Lipinski definition) is 2. The Labute approximate surface area is 82.8 Å². The maximum Gasteiger partial charge on any atom is 0.308 e. The lowest BCUT2D eigenvalue weighted by Crippen LogP contribution is -2.19. The molecule has 1 aliphatic rings. The molecule has 0 amide bonds. The van der Waals surface area contributed by atoms with Crippen molar-refractivity contribution in [3.8, 4) is 0 Å². The first-order chi connectivity index (χ1) is 6.77. The van der Waals surface area contributed by atoms with E-state index in [1.54, 1.807) is 0 Å². The predicted molar refractivity (Wildman–Crippen MR) is 52.8 cm³/mol. The van der Waals surface area contributed by atoms with Crippen molar-refractivity contribution in [2.24, 2.45) is 5.92 Å². The summed E-state index contributed by atoms with van der Waals surface area (Å²) in [6, 6.07) is 10.2. The van der Waals surface area contributed by atoms with E-state index < -0.39 is 5.97 Å². The van der Waals surface area contributed by atoms with Crippen LogP contribution in [-0.2, 0) is 11.3 Å². The number of carbonyl (C=O) groups is 1. The first-order valence-corrected chi connectivity index (χ1v) is 4.77. The zero-order valence-electron chi connectivity index (χ0n) is 7.81. The molecule has 1 saturated carbocycles. The highest BCUT2D eigenvalue weighted by atomic mass is 16.4. The molecule has 1 aromatic carbocycles. The van der Waals surface area contributed by atoms with Crippen LogP contribution < -0.4 is 5.32 Å². The molecule has 0 saturated heterocycles. The van der Waals surface area contributed by atoms with Crippen molar-refractivity contribution >= 4 is 5.97 Å². The molecule has 0 spiro atoms. The van der Waals surface area contributed by atoms with Crippen molar-refractivity contribution in [1.29, 1.82) is 0 Å². The lowest BCUT2D eigenvalue weighted by Gasteiger charge is -2.02. The summed E-state index contributed by atoms with van der Waals surface area (Å²) in [5.41, 5.74) is 1.20. The van der Waals surface area contributed by atoms with Gasteiger partial charge in [-0.05, 0) is 12.0 Å². The second-order valence-corrected chi connectivity index (χ2v) is 3.65. The Morgan fingerprint density at radius 1 is 1.43 bits per heavy atom. The van der Waals surface area contributed by atoms with Crippen LogP contribution in [0.5, 0.6) is 0 Å². The third kappa shape index (κ3) is 2.12. The molecule has 2 atom stereocenters. The van der Waals surface area contributed by atoms with Crippen molar-refractivity contribution < 1.29 is 9.90 Å². The third-order valence-electron chi connectivity index (χ3n) is 2.52. The molecule has 3 nitrogen and oxygen atoms in total. The van der Waals surface area contributed by atoms with Gasteiger partial charge in [0.2, 0.25) is 0 Å². The van der Waals surface area contributed by atoms with Crippen LogP contribution in [0.2, 0.25) is 0 Å². The molecule has 0 bridgehead atoms. The van der Waals surface area contributed by atoms with E-state index in [-0.39, 0.29) is 12.0 Å². The van der Waals surface area contributed by atoms with Gasteiger partial charge in [-0.2, -0.15) is 0 Å². The summed E-state index contributed by atoms with van der Waals surface area (Å²) in [7, 11) is 0. The van der Waals surface area contributed by atoms with Crippen LogP contribution in [0.3, 0.4) is 0 Å². The summed E-state index contributed by atoms with van der Waals surface area (Å²) < 4.78 is 0. The summed E-state index contributed by atoms with van der Waals surface area (Å²) in [6.07, 6.45) is 0.766. The van der Waals surface area contributed by atoms with Crippen LogP contribution >= 0.6 is 0 Å². The zero-order chi connectivity index (χ0) is 9.97. The topological polar surface area (TPSA) is 49.3 Å². The van der Waals surface area contributed by atoms with E-state index in [9.17, 15) is 4.79 Å². The molecule has 0 heterocycles. The standard InChI is InChI=1S/C11H13NO2/c13-11(14)9-6-10(9)12-7-8-4-2-1-3-5-8/h1-5,9-10,12H,6-7H2,(H,13,14). The average molecular weight is 191 g/mol. The molecule has 1 aliphatic carbocycles. The minimum absolute atomic E-state index is 0.168. The SMILES string of the molecule is O=C(O)C1CC1NCc1ccccc1. The molecule has 0 aliphatic heterocycles. The van der Waals surface area contributed by atoms with E-state index in [2.05, 4.69) is 5.32 Å². The minimum Gasteiger partial charge on any atom is -0.481 e. The predicted octanol–water partition coefficient (Wildman–Crippen LogP) is 1.25. The Balaban J connectivity index is 1.77. The second-order valence-electron chi connectivity index (χ2n) is 3.65. The van der Waals surface area contributed by atoms with E-state index in [1.165, 1.54) is 5.56 Å². The fraction of sp³-hybridized carbons (Fsp3) is 0.364. The van der Waals surface area contributed by atoms with Gasteiger partial charge in [0.15, 0.2) is 0 Å². The van der Waals surface area contributed by atoms with Gasteiger partial charge >= 0.3 is 5.97 Å². The van der Waals surface area contributed by atoms with Crippen molar-refractivity contribution in [2.45, 2.75) is 19.0 Å². The highest BCUT2D eigenvalue weighted by Crippen LogP contribution is 2.30. The lowest BCUT2D eigenvalue weighted by molar-refractivity contribution is -0.138. The molecule has 0 radical (unpaired) electrons. The number of carboxylic acids is 1. The molecule has 2 rings (SSSR count). The van der Waals surface area contributed by atoms with Crippen molar-refractivity contribution in [2.75, 3.05) is 0 Å². The highest BCUT2D eigenvalue weighted by Gasteiger charge is 2.42. The van der Waals surface area contributed by atoms with Gasteiger partial charge in [-0.25, -0.2) is 0 Å². The number of carboxylic acid groups (broad SMARTS) is 1. The average Bonchev–Trinajstić information content (AvgIpc) is 2.96. The normalized spacial score (nSPS) is 24.6. The number of nitrogens with one attached hydrogen (secondary N) is 1.